The molecule has 2 N–H and O–H groups in total. The summed E-state index contributed by atoms with van der Waals surface area (Å²) < 4.78 is 1.69. The number of nitrogens with zero attached hydrogens (tertiary/aromatic N) is 3. The number of aromatic nitrogens is 3. The van der Waals surface area contributed by atoms with Crippen molar-refractivity contribution in [1.82, 2.24) is 14.8 Å². The van der Waals surface area contributed by atoms with Gasteiger partial charge in [0.05, 0.1) is 10.7 Å². The minimum atomic E-state index is 0.117. The molecule has 0 aliphatic rings. The van der Waals surface area contributed by atoms with Gasteiger partial charge in [0.1, 0.15) is 18.4 Å². The molecule has 6 heteroatoms. The predicted molar refractivity (Wildman–Crippen MR) is 81.8 cm³/mol. The molecule has 0 radical (unpaired) electrons. The first kappa shape index (κ1) is 13.5. The lowest BCUT2D eigenvalue weighted by Gasteiger charge is -2.09. The molecular weight excluding hydrogens is 288 g/mol. The first-order chi connectivity index (χ1) is 10.2. The highest BCUT2D eigenvalue weighted by molar-refractivity contribution is 6.32. The van der Waals surface area contributed by atoms with Crippen LogP contribution in [0.4, 0.5) is 5.69 Å². The van der Waals surface area contributed by atoms with Crippen LogP contribution in [0.2, 0.25) is 5.02 Å². The van der Waals surface area contributed by atoms with Gasteiger partial charge in [0.25, 0.3) is 0 Å². The van der Waals surface area contributed by atoms with E-state index >= 15 is 0 Å². The third kappa shape index (κ3) is 2.98. The summed E-state index contributed by atoms with van der Waals surface area (Å²) >= 11 is 5.88. The summed E-state index contributed by atoms with van der Waals surface area (Å²) in [5.41, 5.74) is 2.63. The van der Waals surface area contributed by atoms with Crippen LogP contribution in [0, 0.1) is 0 Å². The second-order valence-corrected chi connectivity index (χ2v) is 4.90. The molecule has 0 atom stereocenters. The predicted octanol–water partition coefficient (Wildman–Crippen LogP) is 3.24. The summed E-state index contributed by atoms with van der Waals surface area (Å²) in [6.45, 7) is 0.495. The third-order valence-electron chi connectivity index (χ3n) is 3.10. The number of hydrogen-bond acceptors (Lipinski definition) is 4. The summed E-state index contributed by atoms with van der Waals surface area (Å²) in [4.78, 5) is 3.91. The molecule has 0 spiro atoms. The van der Waals surface area contributed by atoms with Gasteiger partial charge < -0.3 is 10.4 Å². The van der Waals surface area contributed by atoms with Crippen molar-refractivity contribution in [2.45, 2.75) is 6.54 Å². The molecule has 2 aromatic carbocycles. The molecule has 0 bridgehead atoms. The molecule has 0 saturated heterocycles. The largest absolute Gasteiger partial charge is 0.506 e. The summed E-state index contributed by atoms with van der Waals surface area (Å²) in [5, 5.41) is 17.5. The highest BCUT2D eigenvalue weighted by atomic mass is 35.5. The zero-order chi connectivity index (χ0) is 14.7. The summed E-state index contributed by atoms with van der Waals surface area (Å²) in [7, 11) is 0. The van der Waals surface area contributed by atoms with Crippen molar-refractivity contribution in [3.05, 3.63) is 65.7 Å². The Kier molecular flexibility index (Phi) is 3.75. The molecule has 0 saturated carbocycles. The van der Waals surface area contributed by atoms with Crippen LogP contribution in [0.15, 0.2) is 55.1 Å². The Hall–Kier alpha value is -2.53. The molecule has 3 aromatic rings. The molecule has 0 aliphatic heterocycles. The summed E-state index contributed by atoms with van der Waals surface area (Å²) in [6.07, 6.45) is 3.14. The maximum atomic E-state index is 9.85. The van der Waals surface area contributed by atoms with Gasteiger partial charge in [-0.3, -0.25) is 0 Å². The van der Waals surface area contributed by atoms with Gasteiger partial charge in [0.15, 0.2) is 0 Å². The van der Waals surface area contributed by atoms with E-state index in [1.807, 2.05) is 36.4 Å². The van der Waals surface area contributed by atoms with Gasteiger partial charge in [-0.25, -0.2) is 9.67 Å². The normalized spacial score (nSPS) is 10.5. The van der Waals surface area contributed by atoms with Gasteiger partial charge >= 0.3 is 0 Å². The van der Waals surface area contributed by atoms with E-state index < -0.39 is 0 Å². The van der Waals surface area contributed by atoms with Crippen LogP contribution in [-0.4, -0.2) is 19.9 Å². The number of phenolic OH excluding ortho intramolecular Hbond substituents is 1. The van der Waals surface area contributed by atoms with E-state index in [0.717, 1.165) is 16.9 Å². The fourth-order valence-electron chi connectivity index (χ4n) is 1.97. The van der Waals surface area contributed by atoms with Gasteiger partial charge in [-0.15, -0.1) is 0 Å². The van der Waals surface area contributed by atoms with E-state index in [1.54, 1.807) is 17.1 Å². The highest BCUT2D eigenvalue weighted by Gasteiger charge is 2.04. The van der Waals surface area contributed by atoms with E-state index in [-0.39, 0.29) is 5.75 Å². The van der Waals surface area contributed by atoms with Crippen molar-refractivity contribution >= 4 is 17.3 Å². The molecule has 1 heterocycles. The Balaban J connectivity index is 1.70. The van der Waals surface area contributed by atoms with Crippen molar-refractivity contribution in [3.63, 3.8) is 0 Å². The molecule has 1 aromatic heterocycles. The monoisotopic (exact) mass is 300 g/mol. The maximum Gasteiger partial charge on any atom is 0.139 e. The van der Waals surface area contributed by atoms with Gasteiger partial charge in [0.2, 0.25) is 0 Å². The van der Waals surface area contributed by atoms with Crippen LogP contribution in [0.3, 0.4) is 0 Å². The number of anilines is 1. The summed E-state index contributed by atoms with van der Waals surface area (Å²) in [6, 6.07) is 13.1. The molecule has 5 nitrogen and oxygen atoms in total. The number of hydrogen-bond donors (Lipinski definition) is 2. The number of halogens is 1. The number of rotatable bonds is 4. The zero-order valence-electron chi connectivity index (χ0n) is 11.1. The number of nitrogens with one attached hydrogen (secondary N) is 1. The van der Waals surface area contributed by atoms with E-state index in [0.29, 0.717) is 11.6 Å². The Morgan fingerprint density at radius 1 is 1.14 bits per heavy atom. The number of aromatic hydroxyl groups is 1. The molecule has 0 amide bonds. The zero-order valence-corrected chi connectivity index (χ0v) is 11.8. The molecule has 0 aliphatic carbocycles. The van der Waals surface area contributed by atoms with E-state index in [2.05, 4.69) is 15.4 Å². The van der Waals surface area contributed by atoms with E-state index in [4.69, 9.17) is 11.6 Å². The lowest BCUT2D eigenvalue weighted by Crippen LogP contribution is -2.00. The molecule has 106 valence electrons. The van der Waals surface area contributed by atoms with Gasteiger partial charge in [-0.2, -0.15) is 5.10 Å². The molecule has 0 fully saturated rings. The summed E-state index contributed by atoms with van der Waals surface area (Å²) in [5.74, 6) is 0.117. The van der Waals surface area contributed by atoms with Crippen molar-refractivity contribution in [2.75, 3.05) is 5.32 Å². The van der Waals surface area contributed by atoms with Crippen LogP contribution < -0.4 is 5.32 Å². The SMILES string of the molecule is Oc1c(Cl)cccc1CNc1ccc(-n2cncn2)cc1. The molecule has 0 unspecified atom stereocenters. The first-order valence-corrected chi connectivity index (χ1v) is 6.77. The topological polar surface area (TPSA) is 63.0 Å². The first-order valence-electron chi connectivity index (χ1n) is 6.39. The minimum absolute atomic E-state index is 0.117. The second-order valence-electron chi connectivity index (χ2n) is 4.49. The van der Waals surface area contributed by atoms with Crippen LogP contribution in [0.5, 0.6) is 5.75 Å². The van der Waals surface area contributed by atoms with Gasteiger partial charge in [0, 0.05) is 17.8 Å². The quantitative estimate of drug-likeness (QED) is 0.776. The van der Waals surface area contributed by atoms with Crippen LogP contribution in [0.25, 0.3) is 5.69 Å². The van der Waals surface area contributed by atoms with Crippen molar-refractivity contribution < 1.29 is 5.11 Å². The van der Waals surface area contributed by atoms with Crippen molar-refractivity contribution in [1.29, 1.82) is 0 Å². The average molecular weight is 301 g/mol. The lowest BCUT2D eigenvalue weighted by atomic mass is 10.2. The lowest BCUT2D eigenvalue weighted by molar-refractivity contribution is 0.469. The Morgan fingerprint density at radius 3 is 2.67 bits per heavy atom. The van der Waals surface area contributed by atoms with Crippen molar-refractivity contribution in [3.8, 4) is 11.4 Å². The second kappa shape index (κ2) is 5.85. The van der Waals surface area contributed by atoms with Crippen molar-refractivity contribution in [2.24, 2.45) is 0 Å². The van der Waals surface area contributed by atoms with E-state index in [9.17, 15) is 5.11 Å². The molecule has 3 rings (SSSR count). The average Bonchev–Trinajstić information content (AvgIpc) is 3.04. The molecular formula is C15H13ClN4O. The number of phenols is 1. The van der Waals surface area contributed by atoms with Gasteiger partial charge in [-0.05, 0) is 30.3 Å². The number of para-hydroxylation sites is 1. The fraction of sp³-hybridized carbons (Fsp3) is 0.0667. The molecule has 21 heavy (non-hydrogen) atoms. The third-order valence-corrected chi connectivity index (χ3v) is 3.41. The number of benzene rings is 2. The van der Waals surface area contributed by atoms with Crippen LogP contribution in [0.1, 0.15) is 5.56 Å². The minimum Gasteiger partial charge on any atom is -0.506 e. The Morgan fingerprint density at radius 2 is 1.95 bits per heavy atom. The van der Waals surface area contributed by atoms with Crippen LogP contribution >= 0.6 is 11.6 Å². The van der Waals surface area contributed by atoms with Gasteiger partial charge in [-0.1, -0.05) is 23.7 Å². The highest BCUT2D eigenvalue weighted by Crippen LogP contribution is 2.27. The Labute approximate surface area is 126 Å². The fourth-order valence-corrected chi connectivity index (χ4v) is 2.17. The maximum absolute atomic E-state index is 9.85. The smallest absolute Gasteiger partial charge is 0.139 e. The Bertz CT molecular complexity index is 726. The standard InChI is InChI=1S/C15H13ClN4O/c16-14-3-1-2-11(15(14)21)8-18-12-4-6-13(7-5-12)20-10-17-9-19-20/h1-7,9-10,18,21H,8H2. The van der Waals surface area contributed by atoms with Crippen LogP contribution in [-0.2, 0) is 6.54 Å². The van der Waals surface area contributed by atoms with E-state index in [1.165, 1.54) is 6.33 Å².